The highest BCUT2D eigenvalue weighted by atomic mass is 79.9. The van der Waals surface area contributed by atoms with Crippen LogP contribution < -0.4 is 4.74 Å². The third-order valence-electron chi connectivity index (χ3n) is 2.55. The van der Waals surface area contributed by atoms with Crippen LogP contribution in [-0.4, -0.2) is 0 Å². The van der Waals surface area contributed by atoms with Crippen molar-refractivity contribution in [2.24, 2.45) is 0 Å². The highest BCUT2D eigenvalue weighted by molar-refractivity contribution is 9.08. The molecule has 0 radical (unpaired) electrons. The molecule has 0 aromatic heterocycles. The molecule has 0 amide bonds. The molecule has 0 heterocycles. The number of rotatable bonds is 4. The molecule has 0 unspecified atom stereocenters. The molecule has 5 heteroatoms. The molecule has 0 aliphatic carbocycles. The maximum Gasteiger partial charge on any atom is 0.165 e. The standard InChI is InChI=1S/C14H10BrClF2O/c15-7-9-1-4-14(13(18)5-9)19-8-10-2-3-11(16)6-12(10)17/h1-6H,7-8H2. The minimum atomic E-state index is -0.468. The molecule has 0 N–H and O–H groups in total. The molecule has 0 atom stereocenters. The van der Waals surface area contributed by atoms with Gasteiger partial charge in [0.2, 0.25) is 0 Å². The third kappa shape index (κ3) is 3.67. The van der Waals surface area contributed by atoms with Gasteiger partial charge in [0.1, 0.15) is 12.4 Å². The van der Waals surface area contributed by atoms with Crippen LogP contribution in [0.15, 0.2) is 36.4 Å². The van der Waals surface area contributed by atoms with Crippen LogP contribution in [0, 0.1) is 11.6 Å². The highest BCUT2D eigenvalue weighted by Crippen LogP contribution is 2.22. The van der Waals surface area contributed by atoms with E-state index < -0.39 is 11.6 Å². The normalized spacial score (nSPS) is 10.5. The van der Waals surface area contributed by atoms with Gasteiger partial charge in [-0.2, -0.15) is 0 Å². The molecule has 2 aromatic carbocycles. The smallest absolute Gasteiger partial charge is 0.165 e. The Labute approximate surface area is 123 Å². The average Bonchev–Trinajstić information content (AvgIpc) is 2.39. The molecule has 0 bridgehead atoms. The van der Waals surface area contributed by atoms with E-state index in [-0.39, 0.29) is 12.4 Å². The SMILES string of the molecule is Fc1cc(Cl)ccc1COc1ccc(CBr)cc1F. The molecule has 0 saturated carbocycles. The summed E-state index contributed by atoms with van der Waals surface area (Å²) in [5.41, 5.74) is 1.14. The van der Waals surface area contributed by atoms with Crippen molar-refractivity contribution in [1.82, 2.24) is 0 Å². The third-order valence-corrected chi connectivity index (χ3v) is 3.43. The van der Waals surface area contributed by atoms with Crippen LogP contribution >= 0.6 is 27.5 Å². The van der Waals surface area contributed by atoms with Gasteiger partial charge in [-0.3, -0.25) is 0 Å². The van der Waals surface area contributed by atoms with Crippen LogP contribution in [0.3, 0.4) is 0 Å². The zero-order chi connectivity index (χ0) is 13.8. The topological polar surface area (TPSA) is 9.23 Å². The van der Waals surface area contributed by atoms with Gasteiger partial charge in [-0.25, -0.2) is 8.78 Å². The van der Waals surface area contributed by atoms with Crippen molar-refractivity contribution in [2.75, 3.05) is 0 Å². The Balaban J connectivity index is 2.10. The first-order valence-electron chi connectivity index (χ1n) is 5.51. The van der Waals surface area contributed by atoms with Crippen molar-refractivity contribution in [3.63, 3.8) is 0 Å². The molecule has 100 valence electrons. The van der Waals surface area contributed by atoms with Crippen LogP contribution in [0.1, 0.15) is 11.1 Å². The quantitative estimate of drug-likeness (QED) is 0.700. The maximum absolute atomic E-state index is 13.6. The van der Waals surface area contributed by atoms with Gasteiger partial charge in [-0.15, -0.1) is 0 Å². The van der Waals surface area contributed by atoms with Crippen molar-refractivity contribution in [3.8, 4) is 5.75 Å². The van der Waals surface area contributed by atoms with E-state index in [1.54, 1.807) is 12.1 Å². The maximum atomic E-state index is 13.6. The van der Waals surface area contributed by atoms with Gasteiger partial charge in [0, 0.05) is 15.9 Å². The summed E-state index contributed by atoms with van der Waals surface area (Å²) in [6, 6.07) is 8.92. The van der Waals surface area contributed by atoms with Crippen LogP contribution in [0.5, 0.6) is 5.75 Å². The largest absolute Gasteiger partial charge is 0.486 e. The molecule has 0 saturated heterocycles. The minimum absolute atomic E-state index is 0.0480. The van der Waals surface area contributed by atoms with Gasteiger partial charge >= 0.3 is 0 Å². The zero-order valence-electron chi connectivity index (χ0n) is 9.80. The Morgan fingerprint density at radius 3 is 2.47 bits per heavy atom. The number of ether oxygens (including phenoxy) is 1. The summed E-state index contributed by atoms with van der Waals surface area (Å²) in [6.07, 6.45) is 0. The summed E-state index contributed by atoms with van der Waals surface area (Å²) in [5.74, 6) is -0.838. The molecule has 1 nitrogen and oxygen atoms in total. The minimum Gasteiger partial charge on any atom is -0.486 e. The second kappa shape index (κ2) is 6.35. The van der Waals surface area contributed by atoms with Crippen LogP contribution in [-0.2, 0) is 11.9 Å². The molecular formula is C14H10BrClF2O. The summed E-state index contributed by atoms with van der Waals surface area (Å²) < 4.78 is 32.4. The molecule has 2 rings (SSSR count). The van der Waals surface area contributed by atoms with Gasteiger partial charge in [0.25, 0.3) is 0 Å². The number of alkyl halides is 1. The van der Waals surface area contributed by atoms with Crippen molar-refractivity contribution in [2.45, 2.75) is 11.9 Å². The number of hydrogen-bond acceptors (Lipinski definition) is 1. The molecule has 0 aliphatic heterocycles. The van der Waals surface area contributed by atoms with E-state index >= 15 is 0 Å². The summed E-state index contributed by atoms with van der Waals surface area (Å²) in [4.78, 5) is 0. The number of halogens is 4. The second-order valence-corrected chi connectivity index (χ2v) is 4.92. The molecular weight excluding hydrogens is 338 g/mol. The summed E-state index contributed by atoms with van der Waals surface area (Å²) in [7, 11) is 0. The Kier molecular flexibility index (Phi) is 4.77. The Morgan fingerprint density at radius 2 is 1.84 bits per heavy atom. The average molecular weight is 348 g/mol. The van der Waals surface area contributed by atoms with Crippen molar-refractivity contribution in [1.29, 1.82) is 0 Å². The summed E-state index contributed by atoms with van der Waals surface area (Å²) >= 11 is 8.89. The van der Waals surface area contributed by atoms with E-state index in [1.807, 2.05) is 0 Å². The Hall–Kier alpha value is -1.13. The van der Waals surface area contributed by atoms with Gasteiger partial charge in [-0.05, 0) is 29.8 Å². The number of hydrogen-bond donors (Lipinski definition) is 0. The zero-order valence-corrected chi connectivity index (χ0v) is 12.1. The molecule has 2 aromatic rings. The number of benzene rings is 2. The van der Waals surface area contributed by atoms with Crippen LogP contribution in [0.2, 0.25) is 5.02 Å². The molecule has 0 aliphatic rings. The van der Waals surface area contributed by atoms with E-state index in [0.717, 1.165) is 5.56 Å². The van der Waals surface area contributed by atoms with E-state index in [0.29, 0.717) is 15.9 Å². The van der Waals surface area contributed by atoms with Gasteiger partial charge in [0.05, 0.1) is 0 Å². The Morgan fingerprint density at radius 1 is 1.05 bits per heavy atom. The van der Waals surface area contributed by atoms with E-state index in [4.69, 9.17) is 16.3 Å². The molecule has 0 spiro atoms. The molecule has 19 heavy (non-hydrogen) atoms. The van der Waals surface area contributed by atoms with Gasteiger partial charge in [-0.1, -0.05) is 39.7 Å². The van der Waals surface area contributed by atoms with Crippen molar-refractivity contribution >= 4 is 27.5 Å². The van der Waals surface area contributed by atoms with Crippen LogP contribution in [0.25, 0.3) is 0 Å². The summed E-state index contributed by atoms with van der Waals surface area (Å²) in [6.45, 7) is -0.0480. The first kappa shape index (κ1) is 14.3. The predicted octanol–water partition coefficient (Wildman–Crippen LogP) is 5.09. The monoisotopic (exact) mass is 346 g/mol. The van der Waals surface area contributed by atoms with Gasteiger partial charge in [0.15, 0.2) is 11.6 Å². The lowest BCUT2D eigenvalue weighted by molar-refractivity contribution is 0.284. The highest BCUT2D eigenvalue weighted by Gasteiger charge is 2.07. The first-order valence-corrected chi connectivity index (χ1v) is 7.01. The Bertz CT molecular complexity index is 590. The first-order chi connectivity index (χ1) is 9.10. The fourth-order valence-corrected chi connectivity index (χ4v) is 2.05. The predicted molar refractivity (Wildman–Crippen MR) is 74.8 cm³/mol. The fraction of sp³-hybridized carbons (Fsp3) is 0.143. The van der Waals surface area contributed by atoms with E-state index in [2.05, 4.69) is 15.9 Å². The lowest BCUT2D eigenvalue weighted by atomic mass is 10.2. The summed E-state index contributed by atoms with van der Waals surface area (Å²) in [5, 5.41) is 0.879. The molecule has 0 fully saturated rings. The van der Waals surface area contributed by atoms with E-state index in [1.165, 1.54) is 24.3 Å². The van der Waals surface area contributed by atoms with Crippen LogP contribution in [0.4, 0.5) is 8.78 Å². The van der Waals surface area contributed by atoms with Crippen molar-refractivity contribution in [3.05, 3.63) is 64.2 Å². The lowest BCUT2D eigenvalue weighted by Gasteiger charge is -2.09. The van der Waals surface area contributed by atoms with Gasteiger partial charge < -0.3 is 4.74 Å². The fourth-order valence-electron chi connectivity index (χ4n) is 1.54. The van der Waals surface area contributed by atoms with Crippen molar-refractivity contribution < 1.29 is 13.5 Å². The van der Waals surface area contributed by atoms with E-state index in [9.17, 15) is 8.78 Å². The lowest BCUT2D eigenvalue weighted by Crippen LogP contribution is -2.00. The second-order valence-electron chi connectivity index (χ2n) is 3.92.